The van der Waals surface area contributed by atoms with Gasteiger partial charge in [-0.2, -0.15) is 0 Å². The highest BCUT2D eigenvalue weighted by atomic mass is 79.9. The Morgan fingerprint density at radius 3 is 2.37 bits per heavy atom. The second-order valence-corrected chi connectivity index (χ2v) is 6.33. The van der Waals surface area contributed by atoms with Crippen LogP contribution in [0.25, 0.3) is 0 Å². The predicted molar refractivity (Wildman–Crippen MR) is 79.3 cm³/mol. The van der Waals surface area contributed by atoms with Crippen LogP contribution in [-0.4, -0.2) is 28.8 Å². The molecule has 4 nitrogen and oxygen atoms in total. The number of rotatable bonds is 6. The second-order valence-electron chi connectivity index (χ2n) is 4.37. The van der Waals surface area contributed by atoms with Gasteiger partial charge in [-0.1, -0.05) is 29.8 Å². The van der Waals surface area contributed by atoms with Crippen molar-refractivity contribution < 1.29 is 14.7 Å². The molecule has 1 amide bonds. The summed E-state index contributed by atoms with van der Waals surface area (Å²) in [5, 5.41) is 11.5. The van der Waals surface area contributed by atoms with Gasteiger partial charge in [-0.25, -0.2) is 4.79 Å². The molecule has 0 heterocycles. The maximum absolute atomic E-state index is 11.7. The van der Waals surface area contributed by atoms with Crippen molar-refractivity contribution in [3.05, 3.63) is 28.7 Å². The number of nitrogens with one attached hydrogen (secondary N) is 1. The van der Waals surface area contributed by atoms with Gasteiger partial charge in [0.15, 0.2) is 0 Å². The summed E-state index contributed by atoms with van der Waals surface area (Å²) >= 11 is 4.71. The lowest BCUT2D eigenvalue weighted by atomic mass is 10.1. The average molecular weight is 346 g/mol. The molecule has 0 aliphatic heterocycles. The van der Waals surface area contributed by atoms with Crippen molar-refractivity contribution in [1.29, 1.82) is 0 Å². The SMILES string of the molecule is CC(C)C(NC(=O)CSc1ccc(Br)cc1)C(=O)O. The van der Waals surface area contributed by atoms with Crippen LogP contribution in [0.1, 0.15) is 13.8 Å². The Bertz CT molecular complexity index is 448. The minimum Gasteiger partial charge on any atom is -0.480 e. The molecule has 1 rings (SSSR count). The first kappa shape index (κ1) is 16.0. The lowest BCUT2D eigenvalue weighted by molar-refractivity contribution is -0.142. The van der Waals surface area contributed by atoms with Crippen molar-refractivity contribution in [3.63, 3.8) is 0 Å². The van der Waals surface area contributed by atoms with Crippen molar-refractivity contribution in [2.24, 2.45) is 5.92 Å². The number of carboxylic acid groups (broad SMARTS) is 1. The van der Waals surface area contributed by atoms with Crippen LogP contribution in [0.15, 0.2) is 33.6 Å². The quantitative estimate of drug-likeness (QED) is 0.778. The summed E-state index contributed by atoms with van der Waals surface area (Å²) in [5.41, 5.74) is 0. The summed E-state index contributed by atoms with van der Waals surface area (Å²) < 4.78 is 0.979. The predicted octanol–water partition coefficient (Wildman–Crippen LogP) is 2.77. The summed E-state index contributed by atoms with van der Waals surface area (Å²) in [7, 11) is 0. The summed E-state index contributed by atoms with van der Waals surface area (Å²) in [6, 6.07) is 6.76. The normalized spacial score (nSPS) is 12.2. The highest BCUT2D eigenvalue weighted by Crippen LogP contribution is 2.20. The van der Waals surface area contributed by atoms with Gasteiger partial charge in [-0.3, -0.25) is 4.79 Å². The van der Waals surface area contributed by atoms with E-state index in [0.29, 0.717) is 0 Å². The molecule has 2 N–H and O–H groups in total. The zero-order chi connectivity index (χ0) is 14.4. The Morgan fingerprint density at radius 2 is 1.89 bits per heavy atom. The van der Waals surface area contributed by atoms with Gasteiger partial charge in [0.1, 0.15) is 6.04 Å². The zero-order valence-electron chi connectivity index (χ0n) is 10.7. The first-order valence-corrected chi connectivity index (χ1v) is 7.58. The second kappa shape index (κ2) is 7.55. The molecule has 0 radical (unpaired) electrons. The van der Waals surface area contributed by atoms with E-state index in [1.54, 1.807) is 13.8 Å². The Balaban J connectivity index is 2.47. The lowest BCUT2D eigenvalue weighted by Gasteiger charge is -2.17. The molecule has 0 fully saturated rings. The van der Waals surface area contributed by atoms with E-state index in [2.05, 4.69) is 21.2 Å². The summed E-state index contributed by atoms with van der Waals surface area (Å²) in [5.74, 6) is -1.21. The lowest BCUT2D eigenvalue weighted by Crippen LogP contribution is -2.45. The number of halogens is 1. The molecule has 1 unspecified atom stereocenters. The van der Waals surface area contributed by atoms with Crippen molar-refractivity contribution in [3.8, 4) is 0 Å². The molecule has 0 aliphatic carbocycles. The number of carbonyl (C=O) groups excluding carboxylic acids is 1. The van der Waals surface area contributed by atoms with Crippen LogP contribution >= 0.6 is 27.7 Å². The van der Waals surface area contributed by atoms with Crippen molar-refractivity contribution in [1.82, 2.24) is 5.32 Å². The molecule has 19 heavy (non-hydrogen) atoms. The van der Waals surface area contributed by atoms with E-state index < -0.39 is 12.0 Å². The van der Waals surface area contributed by atoms with Gasteiger partial charge in [0.25, 0.3) is 0 Å². The van der Waals surface area contributed by atoms with E-state index in [0.717, 1.165) is 9.37 Å². The fourth-order valence-corrected chi connectivity index (χ4v) is 2.38. The Kier molecular flexibility index (Phi) is 6.37. The average Bonchev–Trinajstić information content (AvgIpc) is 2.34. The van der Waals surface area contributed by atoms with E-state index in [9.17, 15) is 9.59 Å². The number of amides is 1. The van der Waals surface area contributed by atoms with E-state index in [1.807, 2.05) is 24.3 Å². The van der Waals surface area contributed by atoms with Crippen molar-refractivity contribution >= 4 is 39.6 Å². The van der Waals surface area contributed by atoms with Gasteiger partial charge in [-0.05, 0) is 30.2 Å². The number of carboxylic acids is 1. The molecular weight excluding hydrogens is 330 g/mol. The first-order chi connectivity index (χ1) is 8.90. The summed E-state index contributed by atoms with van der Waals surface area (Å²) in [6.07, 6.45) is 0. The maximum Gasteiger partial charge on any atom is 0.326 e. The number of hydrogen-bond acceptors (Lipinski definition) is 3. The topological polar surface area (TPSA) is 66.4 Å². The molecular formula is C13H16BrNO3S. The number of aliphatic carboxylic acids is 1. The van der Waals surface area contributed by atoms with E-state index in [-0.39, 0.29) is 17.6 Å². The number of carbonyl (C=O) groups is 2. The maximum atomic E-state index is 11.7. The largest absolute Gasteiger partial charge is 0.480 e. The van der Waals surface area contributed by atoms with E-state index >= 15 is 0 Å². The number of benzene rings is 1. The van der Waals surface area contributed by atoms with E-state index in [1.165, 1.54) is 11.8 Å². The third-order valence-corrected chi connectivity index (χ3v) is 3.97. The molecule has 0 saturated heterocycles. The van der Waals surface area contributed by atoms with Crippen LogP contribution in [-0.2, 0) is 9.59 Å². The van der Waals surface area contributed by atoms with Gasteiger partial charge in [0, 0.05) is 9.37 Å². The Hall–Kier alpha value is -1.01. The molecule has 1 atom stereocenters. The molecule has 0 bridgehead atoms. The highest BCUT2D eigenvalue weighted by Gasteiger charge is 2.23. The standard InChI is InChI=1S/C13H16BrNO3S/c1-8(2)12(13(17)18)15-11(16)7-19-10-5-3-9(14)4-6-10/h3-6,8,12H,7H2,1-2H3,(H,15,16)(H,17,18). The van der Waals surface area contributed by atoms with Crippen LogP contribution in [0, 0.1) is 5.92 Å². The Labute approximate surface area is 125 Å². The fraction of sp³-hybridized carbons (Fsp3) is 0.385. The van der Waals surface area contributed by atoms with Gasteiger partial charge in [0.05, 0.1) is 5.75 Å². The van der Waals surface area contributed by atoms with Crippen LogP contribution in [0.3, 0.4) is 0 Å². The zero-order valence-corrected chi connectivity index (χ0v) is 13.1. The highest BCUT2D eigenvalue weighted by molar-refractivity contribution is 9.10. The third kappa shape index (κ3) is 5.65. The van der Waals surface area contributed by atoms with Gasteiger partial charge < -0.3 is 10.4 Å². The van der Waals surface area contributed by atoms with Crippen LogP contribution in [0.2, 0.25) is 0 Å². The number of thioether (sulfide) groups is 1. The summed E-state index contributed by atoms with van der Waals surface area (Å²) in [4.78, 5) is 23.6. The van der Waals surface area contributed by atoms with Crippen molar-refractivity contribution in [2.45, 2.75) is 24.8 Å². The van der Waals surface area contributed by atoms with Gasteiger partial charge >= 0.3 is 5.97 Å². The molecule has 6 heteroatoms. The monoisotopic (exact) mass is 345 g/mol. The van der Waals surface area contributed by atoms with Crippen LogP contribution < -0.4 is 5.32 Å². The molecule has 0 aliphatic rings. The first-order valence-electron chi connectivity index (χ1n) is 5.80. The minimum absolute atomic E-state index is 0.140. The van der Waals surface area contributed by atoms with Crippen molar-refractivity contribution in [2.75, 3.05) is 5.75 Å². The van der Waals surface area contributed by atoms with E-state index in [4.69, 9.17) is 5.11 Å². The third-order valence-electron chi connectivity index (χ3n) is 2.43. The smallest absolute Gasteiger partial charge is 0.326 e. The molecule has 104 valence electrons. The van der Waals surface area contributed by atoms with Crippen LogP contribution in [0.4, 0.5) is 0 Å². The molecule has 0 spiro atoms. The molecule has 0 aromatic heterocycles. The number of hydrogen-bond donors (Lipinski definition) is 2. The minimum atomic E-state index is -1.00. The molecule has 0 saturated carbocycles. The fourth-order valence-electron chi connectivity index (χ4n) is 1.41. The Morgan fingerprint density at radius 1 is 1.32 bits per heavy atom. The molecule has 1 aromatic rings. The summed E-state index contributed by atoms with van der Waals surface area (Å²) in [6.45, 7) is 3.53. The van der Waals surface area contributed by atoms with Crippen LogP contribution in [0.5, 0.6) is 0 Å². The van der Waals surface area contributed by atoms with Gasteiger partial charge in [0.2, 0.25) is 5.91 Å². The van der Waals surface area contributed by atoms with Gasteiger partial charge in [-0.15, -0.1) is 11.8 Å². The molecule has 1 aromatic carbocycles.